The van der Waals surface area contributed by atoms with Gasteiger partial charge in [0.1, 0.15) is 11.8 Å². The molecule has 1 aliphatic rings. The SMILES string of the molecule is O=C(CC[C@@H]1CCCN(c2ncnc3nc[nH]c23)C1)NCc1ccc(F)c(F)c1. The zero-order chi connectivity index (χ0) is 20.2. The summed E-state index contributed by atoms with van der Waals surface area (Å²) in [6.45, 7) is 1.91. The summed E-state index contributed by atoms with van der Waals surface area (Å²) in [5, 5.41) is 2.77. The summed E-state index contributed by atoms with van der Waals surface area (Å²) in [7, 11) is 0. The third-order valence-electron chi connectivity index (χ3n) is 5.27. The molecule has 1 atom stereocenters. The van der Waals surface area contributed by atoms with Crippen LogP contribution >= 0.6 is 0 Å². The van der Waals surface area contributed by atoms with Crippen molar-refractivity contribution in [3.63, 3.8) is 0 Å². The summed E-state index contributed by atoms with van der Waals surface area (Å²) < 4.78 is 26.2. The van der Waals surface area contributed by atoms with Gasteiger partial charge in [-0.05, 0) is 42.9 Å². The summed E-state index contributed by atoms with van der Waals surface area (Å²) in [4.78, 5) is 30.2. The molecule has 2 aromatic heterocycles. The Kier molecular flexibility index (Phi) is 5.64. The van der Waals surface area contributed by atoms with E-state index in [2.05, 4.69) is 30.2 Å². The van der Waals surface area contributed by atoms with Crippen LogP contribution in [0, 0.1) is 17.6 Å². The van der Waals surface area contributed by atoms with Crippen molar-refractivity contribution in [3.05, 3.63) is 48.1 Å². The van der Waals surface area contributed by atoms with Crippen LogP contribution in [0.5, 0.6) is 0 Å². The van der Waals surface area contributed by atoms with E-state index in [0.29, 0.717) is 23.5 Å². The summed E-state index contributed by atoms with van der Waals surface area (Å²) in [5.74, 6) is -0.663. The van der Waals surface area contributed by atoms with E-state index in [-0.39, 0.29) is 12.5 Å². The molecule has 9 heteroatoms. The van der Waals surface area contributed by atoms with Crippen molar-refractivity contribution in [1.29, 1.82) is 0 Å². The number of H-pyrrole nitrogens is 1. The van der Waals surface area contributed by atoms with Gasteiger partial charge < -0.3 is 15.2 Å². The molecule has 0 saturated carbocycles. The number of rotatable bonds is 6. The van der Waals surface area contributed by atoms with Crippen molar-refractivity contribution >= 4 is 22.9 Å². The standard InChI is InChI=1S/C20H22F2N6O/c21-15-5-3-14(8-16(15)22)9-23-17(29)6-4-13-2-1-7-28(10-13)20-18-19(25-11-24-18)26-12-27-20/h3,5,8,11-13H,1-2,4,6-7,9-10H2,(H,23,29)(H,24,25,26,27)/t13-/m0/s1. The van der Waals surface area contributed by atoms with Crippen molar-refractivity contribution in [3.8, 4) is 0 Å². The monoisotopic (exact) mass is 400 g/mol. The molecule has 2 N–H and O–H groups in total. The molecule has 0 radical (unpaired) electrons. The van der Waals surface area contributed by atoms with Crippen LogP contribution in [0.25, 0.3) is 11.2 Å². The molecule has 7 nitrogen and oxygen atoms in total. The normalized spacial score (nSPS) is 16.9. The van der Waals surface area contributed by atoms with Crippen LogP contribution in [0.1, 0.15) is 31.2 Å². The maximum absolute atomic E-state index is 13.2. The number of halogens is 2. The highest BCUT2D eigenvalue weighted by Crippen LogP contribution is 2.27. The molecule has 0 unspecified atom stereocenters. The minimum atomic E-state index is -0.907. The van der Waals surface area contributed by atoms with Crippen molar-refractivity contribution in [2.45, 2.75) is 32.2 Å². The number of amides is 1. The van der Waals surface area contributed by atoms with Gasteiger partial charge >= 0.3 is 0 Å². The lowest BCUT2D eigenvalue weighted by molar-refractivity contribution is -0.121. The van der Waals surface area contributed by atoms with Gasteiger partial charge in [0.15, 0.2) is 23.1 Å². The van der Waals surface area contributed by atoms with Gasteiger partial charge in [0.05, 0.1) is 6.33 Å². The largest absolute Gasteiger partial charge is 0.354 e. The van der Waals surface area contributed by atoms with E-state index in [4.69, 9.17) is 0 Å². The predicted octanol–water partition coefficient (Wildman–Crippen LogP) is 2.94. The average molecular weight is 400 g/mol. The molecule has 152 valence electrons. The van der Waals surface area contributed by atoms with Crippen molar-refractivity contribution < 1.29 is 13.6 Å². The Hall–Kier alpha value is -3.10. The van der Waals surface area contributed by atoms with E-state index in [1.165, 1.54) is 12.4 Å². The molecule has 0 aliphatic carbocycles. The fraction of sp³-hybridized carbons (Fsp3) is 0.400. The van der Waals surface area contributed by atoms with Gasteiger partial charge in [-0.2, -0.15) is 0 Å². The summed E-state index contributed by atoms with van der Waals surface area (Å²) in [6, 6.07) is 3.64. The third kappa shape index (κ3) is 4.49. The molecule has 29 heavy (non-hydrogen) atoms. The quantitative estimate of drug-likeness (QED) is 0.664. The number of carbonyl (C=O) groups is 1. The number of hydrogen-bond donors (Lipinski definition) is 2. The molecule has 4 rings (SSSR count). The van der Waals surface area contributed by atoms with Crippen molar-refractivity contribution in [2.24, 2.45) is 5.92 Å². The Morgan fingerprint density at radius 2 is 2.14 bits per heavy atom. The number of fused-ring (bicyclic) bond motifs is 1. The highest BCUT2D eigenvalue weighted by molar-refractivity contribution is 5.82. The topological polar surface area (TPSA) is 86.8 Å². The van der Waals surface area contributed by atoms with Crippen LogP contribution in [0.2, 0.25) is 0 Å². The molecule has 0 bridgehead atoms. The molecule has 1 fully saturated rings. The van der Waals surface area contributed by atoms with Crippen LogP contribution in [0.15, 0.2) is 30.9 Å². The first-order chi connectivity index (χ1) is 14.1. The average Bonchev–Trinajstić information content (AvgIpc) is 3.22. The fourth-order valence-corrected chi connectivity index (χ4v) is 3.76. The fourth-order valence-electron chi connectivity index (χ4n) is 3.76. The second-order valence-electron chi connectivity index (χ2n) is 7.32. The number of imidazole rings is 1. The van der Waals surface area contributed by atoms with Gasteiger partial charge in [0, 0.05) is 26.1 Å². The maximum atomic E-state index is 13.2. The van der Waals surface area contributed by atoms with Gasteiger partial charge in [-0.15, -0.1) is 0 Å². The van der Waals surface area contributed by atoms with Crippen molar-refractivity contribution in [1.82, 2.24) is 25.3 Å². The molecule has 3 heterocycles. The van der Waals surface area contributed by atoms with E-state index in [1.807, 2.05) is 0 Å². The van der Waals surface area contributed by atoms with Crippen LogP contribution in [-0.4, -0.2) is 38.9 Å². The van der Waals surface area contributed by atoms with E-state index in [9.17, 15) is 13.6 Å². The second kappa shape index (κ2) is 8.50. The number of benzene rings is 1. The first-order valence-corrected chi connectivity index (χ1v) is 9.70. The molecule has 0 spiro atoms. The van der Waals surface area contributed by atoms with Crippen LogP contribution in [-0.2, 0) is 11.3 Å². The minimum Gasteiger partial charge on any atom is -0.354 e. The van der Waals surface area contributed by atoms with E-state index >= 15 is 0 Å². The first-order valence-electron chi connectivity index (χ1n) is 9.70. The Labute approximate surface area is 166 Å². The van der Waals surface area contributed by atoms with E-state index in [1.54, 1.807) is 6.33 Å². The Bertz CT molecular complexity index is 1010. The number of aromatic amines is 1. The zero-order valence-corrected chi connectivity index (χ0v) is 15.9. The summed E-state index contributed by atoms with van der Waals surface area (Å²) in [5.41, 5.74) is 2.01. The molecule has 1 amide bonds. The van der Waals surface area contributed by atoms with Crippen LogP contribution in [0.4, 0.5) is 14.6 Å². The molecule has 3 aromatic rings. The number of piperidine rings is 1. The molecule has 1 saturated heterocycles. The highest BCUT2D eigenvalue weighted by atomic mass is 19.2. The number of nitrogens with one attached hydrogen (secondary N) is 2. The van der Waals surface area contributed by atoms with Gasteiger partial charge in [0.25, 0.3) is 0 Å². The Balaban J connectivity index is 1.29. The number of aromatic nitrogens is 4. The Morgan fingerprint density at radius 3 is 3.00 bits per heavy atom. The van der Waals surface area contributed by atoms with E-state index < -0.39 is 11.6 Å². The molecule has 1 aromatic carbocycles. The summed E-state index contributed by atoms with van der Waals surface area (Å²) >= 11 is 0. The number of carbonyl (C=O) groups excluding carboxylic acids is 1. The number of anilines is 1. The maximum Gasteiger partial charge on any atom is 0.220 e. The van der Waals surface area contributed by atoms with Gasteiger partial charge in [-0.3, -0.25) is 4.79 Å². The first kappa shape index (κ1) is 19.2. The van der Waals surface area contributed by atoms with Crippen LogP contribution in [0.3, 0.4) is 0 Å². The number of hydrogen-bond acceptors (Lipinski definition) is 5. The van der Waals surface area contributed by atoms with Gasteiger partial charge in [-0.25, -0.2) is 23.7 Å². The lowest BCUT2D eigenvalue weighted by Crippen LogP contribution is -2.36. The summed E-state index contributed by atoms with van der Waals surface area (Å²) in [6.07, 6.45) is 6.38. The highest BCUT2D eigenvalue weighted by Gasteiger charge is 2.23. The predicted molar refractivity (Wildman–Crippen MR) is 104 cm³/mol. The van der Waals surface area contributed by atoms with E-state index in [0.717, 1.165) is 55.8 Å². The third-order valence-corrected chi connectivity index (χ3v) is 5.27. The van der Waals surface area contributed by atoms with Gasteiger partial charge in [-0.1, -0.05) is 6.07 Å². The number of nitrogens with zero attached hydrogens (tertiary/aromatic N) is 4. The Morgan fingerprint density at radius 1 is 1.24 bits per heavy atom. The van der Waals surface area contributed by atoms with Crippen LogP contribution < -0.4 is 10.2 Å². The van der Waals surface area contributed by atoms with Gasteiger partial charge in [0.2, 0.25) is 5.91 Å². The second-order valence-corrected chi connectivity index (χ2v) is 7.32. The smallest absolute Gasteiger partial charge is 0.220 e. The lowest BCUT2D eigenvalue weighted by atomic mass is 9.93. The lowest BCUT2D eigenvalue weighted by Gasteiger charge is -2.33. The molecule has 1 aliphatic heterocycles. The van der Waals surface area contributed by atoms with Crippen molar-refractivity contribution in [2.75, 3.05) is 18.0 Å². The minimum absolute atomic E-state index is 0.0927. The molecular weight excluding hydrogens is 378 g/mol. The zero-order valence-electron chi connectivity index (χ0n) is 15.9. The molecular formula is C20H22F2N6O.